The summed E-state index contributed by atoms with van der Waals surface area (Å²) in [6, 6.07) is 17.6. The van der Waals surface area contributed by atoms with Crippen molar-refractivity contribution in [1.82, 2.24) is 9.55 Å². The zero-order valence-electron chi connectivity index (χ0n) is 11.6. The van der Waals surface area contributed by atoms with E-state index < -0.39 is 11.5 Å². The van der Waals surface area contributed by atoms with Gasteiger partial charge in [0.15, 0.2) is 0 Å². The zero-order valence-corrected chi connectivity index (χ0v) is 11.6. The van der Waals surface area contributed by atoms with E-state index >= 15 is 0 Å². The highest BCUT2D eigenvalue weighted by Gasteiger charge is 2.15. The number of hydrogen-bond acceptors (Lipinski definition) is 3. The summed E-state index contributed by atoms with van der Waals surface area (Å²) < 4.78 is 1.45. The Kier molecular flexibility index (Phi) is 3.53. The number of primary amides is 1. The van der Waals surface area contributed by atoms with Gasteiger partial charge in [0, 0.05) is 11.9 Å². The Bertz CT molecular complexity index is 871. The van der Waals surface area contributed by atoms with Gasteiger partial charge in [-0.1, -0.05) is 24.3 Å². The molecule has 0 aliphatic rings. The number of pyridine rings is 2. The molecule has 2 heterocycles. The number of amides is 1. The van der Waals surface area contributed by atoms with Crippen molar-refractivity contribution in [3.8, 4) is 17.1 Å². The molecule has 5 heteroatoms. The topological polar surface area (TPSA) is 78.0 Å². The van der Waals surface area contributed by atoms with Crippen LogP contribution in [0.2, 0.25) is 0 Å². The molecule has 0 saturated carbocycles. The quantitative estimate of drug-likeness (QED) is 0.801. The van der Waals surface area contributed by atoms with E-state index in [9.17, 15) is 9.59 Å². The third-order valence-electron chi connectivity index (χ3n) is 3.29. The summed E-state index contributed by atoms with van der Waals surface area (Å²) in [4.78, 5) is 28.4. The predicted octanol–water partition coefficient (Wildman–Crippen LogP) is 2.00. The third-order valence-corrected chi connectivity index (χ3v) is 3.29. The molecule has 3 rings (SSSR count). The molecule has 0 bridgehead atoms. The van der Waals surface area contributed by atoms with Crippen molar-refractivity contribution in [3.05, 3.63) is 82.8 Å². The normalized spacial score (nSPS) is 10.4. The molecule has 2 aromatic heterocycles. The lowest BCUT2D eigenvalue weighted by Gasteiger charge is -2.13. The third kappa shape index (κ3) is 2.40. The highest BCUT2D eigenvalue weighted by atomic mass is 16.2. The number of benzene rings is 1. The van der Waals surface area contributed by atoms with Gasteiger partial charge in [0.05, 0.1) is 11.4 Å². The van der Waals surface area contributed by atoms with Crippen LogP contribution in [-0.2, 0) is 0 Å². The number of hydrogen-bond donors (Lipinski definition) is 1. The number of aromatic nitrogens is 2. The predicted molar refractivity (Wildman–Crippen MR) is 83.8 cm³/mol. The fourth-order valence-corrected chi connectivity index (χ4v) is 2.27. The van der Waals surface area contributed by atoms with E-state index in [-0.39, 0.29) is 5.56 Å². The number of carbonyl (C=O) groups is 1. The van der Waals surface area contributed by atoms with Crippen molar-refractivity contribution in [2.45, 2.75) is 0 Å². The molecular weight excluding hydrogens is 278 g/mol. The molecule has 0 aliphatic heterocycles. The Morgan fingerprint density at radius 2 is 1.68 bits per heavy atom. The van der Waals surface area contributed by atoms with Gasteiger partial charge in [-0.3, -0.25) is 19.1 Å². The summed E-state index contributed by atoms with van der Waals surface area (Å²) in [5, 5.41) is 0. The molecule has 0 saturated heterocycles. The smallest absolute Gasteiger partial charge is 0.268 e. The molecule has 0 unspecified atom stereocenters. The monoisotopic (exact) mass is 291 g/mol. The second-order valence-corrected chi connectivity index (χ2v) is 4.69. The standard InChI is InChI=1S/C17H13N3O2/c18-16(21)13-9-10-15(14-8-4-5-11-19-14)20(17(13)22)12-6-2-1-3-7-12/h1-11H,(H2,18,21). The van der Waals surface area contributed by atoms with Crippen LogP contribution >= 0.6 is 0 Å². The summed E-state index contributed by atoms with van der Waals surface area (Å²) in [6.07, 6.45) is 1.65. The van der Waals surface area contributed by atoms with E-state index in [0.29, 0.717) is 17.1 Å². The van der Waals surface area contributed by atoms with Crippen molar-refractivity contribution in [2.24, 2.45) is 5.73 Å². The number of nitrogens with zero attached hydrogens (tertiary/aromatic N) is 2. The lowest BCUT2D eigenvalue weighted by Crippen LogP contribution is -2.29. The number of nitrogens with two attached hydrogens (primary N) is 1. The maximum Gasteiger partial charge on any atom is 0.268 e. The van der Waals surface area contributed by atoms with E-state index in [4.69, 9.17) is 5.73 Å². The first-order valence-electron chi connectivity index (χ1n) is 6.71. The highest BCUT2D eigenvalue weighted by Crippen LogP contribution is 2.19. The molecule has 1 amide bonds. The second kappa shape index (κ2) is 5.65. The van der Waals surface area contributed by atoms with Crippen molar-refractivity contribution in [1.29, 1.82) is 0 Å². The average molecular weight is 291 g/mol. The van der Waals surface area contributed by atoms with Crippen LogP contribution in [0.15, 0.2) is 71.7 Å². The van der Waals surface area contributed by atoms with Crippen LogP contribution in [0.25, 0.3) is 17.1 Å². The minimum absolute atomic E-state index is 0.0523. The molecule has 2 N–H and O–H groups in total. The van der Waals surface area contributed by atoms with Gasteiger partial charge in [-0.2, -0.15) is 0 Å². The molecule has 22 heavy (non-hydrogen) atoms. The van der Waals surface area contributed by atoms with Gasteiger partial charge in [-0.15, -0.1) is 0 Å². The van der Waals surface area contributed by atoms with Gasteiger partial charge in [0.25, 0.3) is 11.5 Å². The Balaban J connectivity index is 2.35. The first-order chi connectivity index (χ1) is 10.7. The number of rotatable bonds is 3. The zero-order chi connectivity index (χ0) is 15.5. The minimum Gasteiger partial charge on any atom is -0.365 e. The summed E-state index contributed by atoms with van der Waals surface area (Å²) in [5.41, 5.74) is 6.66. The molecule has 0 aliphatic carbocycles. The Morgan fingerprint density at radius 1 is 0.955 bits per heavy atom. The maximum absolute atomic E-state index is 12.6. The maximum atomic E-state index is 12.6. The number of carbonyl (C=O) groups excluding carboxylic acids is 1. The summed E-state index contributed by atoms with van der Waals surface area (Å²) >= 11 is 0. The van der Waals surface area contributed by atoms with E-state index in [1.165, 1.54) is 10.6 Å². The molecule has 0 fully saturated rings. The van der Waals surface area contributed by atoms with Crippen LogP contribution in [-0.4, -0.2) is 15.5 Å². The molecular formula is C17H13N3O2. The van der Waals surface area contributed by atoms with E-state index in [1.807, 2.05) is 24.3 Å². The fraction of sp³-hybridized carbons (Fsp3) is 0. The molecule has 3 aromatic rings. The molecule has 108 valence electrons. The van der Waals surface area contributed by atoms with Gasteiger partial charge in [0.2, 0.25) is 0 Å². The van der Waals surface area contributed by atoms with Gasteiger partial charge in [0.1, 0.15) is 5.56 Å². The molecule has 5 nitrogen and oxygen atoms in total. The van der Waals surface area contributed by atoms with Crippen LogP contribution in [0.5, 0.6) is 0 Å². The first kappa shape index (κ1) is 13.8. The van der Waals surface area contributed by atoms with Crippen LogP contribution in [0.4, 0.5) is 0 Å². The van der Waals surface area contributed by atoms with E-state index in [1.54, 1.807) is 36.5 Å². The largest absolute Gasteiger partial charge is 0.365 e. The first-order valence-corrected chi connectivity index (χ1v) is 6.71. The Labute approximate surface area is 126 Å². The summed E-state index contributed by atoms with van der Waals surface area (Å²) in [5.74, 6) is -0.748. The summed E-state index contributed by atoms with van der Waals surface area (Å²) in [6.45, 7) is 0. The van der Waals surface area contributed by atoms with Crippen LogP contribution < -0.4 is 11.3 Å². The highest BCUT2D eigenvalue weighted by molar-refractivity contribution is 5.92. The summed E-state index contributed by atoms with van der Waals surface area (Å²) in [7, 11) is 0. The van der Waals surface area contributed by atoms with Crippen molar-refractivity contribution in [2.75, 3.05) is 0 Å². The Hall–Kier alpha value is -3.21. The lowest BCUT2D eigenvalue weighted by molar-refractivity contribution is 0.0998. The van der Waals surface area contributed by atoms with Gasteiger partial charge in [-0.25, -0.2) is 0 Å². The van der Waals surface area contributed by atoms with Crippen LogP contribution in [0, 0.1) is 0 Å². The fourth-order valence-electron chi connectivity index (χ4n) is 2.27. The molecule has 0 spiro atoms. The molecule has 0 atom stereocenters. The minimum atomic E-state index is -0.748. The van der Waals surface area contributed by atoms with Gasteiger partial charge in [-0.05, 0) is 36.4 Å². The van der Waals surface area contributed by atoms with Crippen molar-refractivity contribution >= 4 is 5.91 Å². The van der Waals surface area contributed by atoms with Crippen molar-refractivity contribution in [3.63, 3.8) is 0 Å². The van der Waals surface area contributed by atoms with Gasteiger partial charge < -0.3 is 5.73 Å². The van der Waals surface area contributed by atoms with E-state index in [2.05, 4.69) is 4.98 Å². The molecule has 1 aromatic carbocycles. The van der Waals surface area contributed by atoms with E-state index in [0.717, 1.165) is 0 Å². The lowest BCUT2D eigenvalue weighted by atomic mass is 10.1. The number of para-hydroxylation sites is 1. The Morgan fingerprint density at radius 3 is 2.32 bits per heavy atom. The SMILES string of the molecule is NC(=O)c1ccc(-c2ccccn2)n(-c2ccccc2)c1=O. The van der Waals surface area contributed by atoms with Crippen LogP contribution in [0.3, 0.4) is 0 Å². The average Bonchev–Trinajstić information content (AvgIpc) is 2.55. The van der Waals surface area contributed by atoms with Crippen molar-refractivity contribution < 1.29 is 4.79 Å². The van der Waals surface area contributed by atoms with Gasteiger partial charge >= 0.3 is 0 Å². The van der Waals surface area contributed by atoms with Crippen LogP contribution in [0.1, 0.15) is 10.4 Å². The second-order valence-electron chi connectivity index (χ2n) is 4.69. The molecule has 0 radical (unpaired) electrons.